The smallest absolute Gasteiger partial charge is 0.145 e. The Morgan fingerprint density at radius 2 is 2.05 bits per heavy atom. The van der Waals surface area contributed by atoms with Gasteiger partial charge in [0, 0.05) is 44.3 Å². The summed E-state index contributed by atoms with van der Waals surface area (Å²) in [6.07, 6.45) is 1.85. The van der Waals surface area contributed by atoms with Crippen molar-refractivity contribution in [3.63, 3.8) is 0 Å². The molecule has 1 aliphatic rings. The molecule has 0 bridgehead atoms. The lowest BCUT2D eigenvalue weighted by molar-refractivity contribution is 0.234. The number of pyridine rings is 1. The minimum Gasteiger partial charge on any atom is -0.491 e. The third-order valence-electron chi connectivity index (χ3n) is 4.00. The van der Waals surface area contributed by atoms with Gasteiger partial charge < -0.3 is 10.1 Å². The second-order valence-corrected chi connectivity index (χ2v) is 6.35. The van der Waals surface area contributed by atoms with Gasteiger partial charge in [-0.15, -0.1) is 0 Å². The summed E-state index contributed by atoms with van der Waals surface area (Å²) < 4.78 is 5.94. The van der Waals surface area contributed by atoms with E-state index in [2.05, 4.69) is 47.2 Å². The van der Waals surface area contributed by atoms with E-state index < -0.39 is 0 Å². The SMILES string of the molecule is CC(C)COc1ccc(CN2CCNCC2)c2cccnc12. The van der Waals surface area contributed by atoms with Crippen LogP contribution >= 0.6 is 0 Å². The number of ether oxygens (including phenoxy) is 1. The van der Waals surface area contributed by atoms with Crippen molar-refractivity contribution < 1.29 is 4.74 Å². The highest BCUT2D eigenvalue weighted by Crippen LogP contribution is 2.28. The molecule has 1 aliphatic heterocycles. The van der Waals surface area contributed by atoms with Crippen LogP contribution in [0.2, 0.25) is 0 Å². The van der Waals surface area contributed by atoms with Gasteiger partial charge in [0.2, 0.25) is 0 Å². The van der Waals surface area contributed by atoms with Crippen LogP contribution in [0.1, 0.15) is 19.4 Å². The zero-order chi connectivity index (χ0) is 15.4. The average molecular weight is 299 g/mol. The fourth-order valence-electron chi connectivity index (χ4n) is 2.83. The quantitative estimate of drug-likeness (QED) is 0.921. The fourth-order valence-corrected chi connectivity index (χ4v) is 2.83. The Hall–Kier alpha value is -1.65. The first kappa shape index (κ1) is 15.3. The Morgan fingerprint density at radius 1 is 1.23 bits per heavy atom. The number of nitrogens with zero attached hydrogens (tertiary/aromatic N) is 2. The van der Waals surface area contributed by atoms with Crippen molar-refractivity contribution in [2.75, 3.05) is 32.8 Å². The van der Waals surface area contributed by atoms with Crippen LogP contribution in [0.4, 0.5) is 0 Å². The van der Waals surface area contributed by atoms with Crippen LogP contribution in [0, 0.1) is 5.92 Å². The lowest BCUT2D eigenvalue weighted by Crippen LogP contribution is -2.42. The number of hydrogen-bond donors (Lipinski definition) is 1. The molecule has 0 unspecified atom stereocenters. The van der Waals surface area contributed by atoms with Gasteiger partial charge in [-0.25, -0.2) is 0 Å². The second kappa shape index (κ2) is 7.07. The third kappa shape index (κ3) is 3.57. The van der Waals surface area contributed by atoms with Crippen molar-refractivity contribution in [3.05, 3.63) is 36.0 Å². The highest BCUT2D eigenvalue weighted by molar-refractivity contribution is 5.87. The summed E-state index contributed by atoms with van der Waals surface area (Å²) in [6, 6.07) is 8.44. The molecule has 3 rings (SSSR count). The van der Waals surface area contributed by atoms with E-state index in [9.17, 15) is 0 Å². The molecule has 0 radical (unpaired) electrons. The molecule has 1 saturated heterocycles. The molecule has 1 fully saturated rings. The van der Waals surface area contributed by atoms with E-state index in [-0.39, 0.29) is 0 Å². The fraction of sp³-hybridized carbons (Fsp3) is 0.500. The van der Waals surface area contributed by atoms with Gasteiger partial charge in [0.15, 0.2) is 0 Å². The molecule has 0 aliphatic carbocycles. The summed E-state index contributed by atoms with van der Waals surface area (Å²) in [5.41, 5.74) is 2.32. The molecular formula is C18H25N3O. The summed E-state index contributed by atoms with van der Waals surface area (Å²) >= 11 is 0. The van der Waals surface area contributed by atoms with Crippen molar-refractivity contribution in [3.8, 4) is 5.75 Å². The predicted octanol–water partition coefficient (Wildman–Crippen LogP) is 2.67. The molecule has 4 nitrogen and oxygen atoms in total. The van der Waals surface area contributed by atoms with Gasteiger partial charge in [-0.3, -0.25) is 9.88 Å². The van der Waals surface area contributed by atoms with Gasteiger partial charge in [0.1, 0.15) is 11.3 Å². The standard InChI is InChI=1S/C18H25N3O/c1-14(2)13-22-17-6-5-15(12-21-10-8-19-9-11-21)16-4-3-7-20-18(16)17/h3-7,14,19H,8-13H2,1-2H3. The normalized spacial score (nSPS) is 16.3. The van der Waals surface area contributed by atoms with Crippen molar-refractivity contribution >= 4 is 10.9 Å². The molecule has 2 heterocycles. The van der Waals surface area contributed by atoms with E-state index in [0.29, 0.717) is 5.92 Å². The largest absolute Gasteiger partial charge is 0.491 e. The summed E-state index contributed by atoms with van der Waals surface area (Å²) in [5.74, 6) is 1.41. The van der Waals surface area contributed by atoms with E-state index >= 15 is 0 Å². The molecule has 1 N–H and O–H groups in total. The minimum atomic E-state index is 0.513. The summed E-state index contributed by atoms with van der Waals surface area (Å²) in [7, 11) is 0. The van der Waals surface area contributed by atoms with E-state index in [0.717, 1.165) is 50.6 Å². The maximum absolute atomic E-state index is 5.94. The van der Waals surface area contributed by atoms with Crippen molar-refractivity contribution in [2.24, 2.45) is 5.92 Å². The van der Waals surface area contributed by atoms with Crippen LogP contribution < -0.4 is 10.1 Å². The Kier molecular flexibility index (Phi) is 4.90. The number of aromatic nitrogens is 1. The van der Waals surface area contributed by atoms with E-state index in [4.69, 9.17) is 4.74 Å². The topological polar surface area (TPSA) is 37.4 Å². The Morgan fingerprint density at radius 3 is 2.82 bits per heavy atom. The molecule has 22 heavy (non-hydrogen) atoms. The second-order valence-electron chi connectivity index (χ2n) is 6.35. The van der Waals surface area contributed by atoms with Crippen molar-refractivity contribution in [1.29, 1.82) is 0 Å². The van der Waals surface area contributed by atoms with Crippen LogP contribution in [0.25, 0.3) is 10.9 Å². The lowest BCUT2D eigenvalue weighted by atomic mass is 10.1. The number of piperazine rings is 1. The Labute approximate surface area is 132 Å². The van der Waals surface area contributed by atoms with Gasteiger partial charge in [-0.2, -0.15) is 0 Å². The number of nitrogens with one attached hydrogen (secondary N) is 1. The number of fused-ring (bicyclic) bond motifs is 1. The maximum Gasteiger partial charge on any atom is 0.145 e. The lowest BCUT2D eigenvalue weighted by Gasteiger charge is -2.27. The molecular weight excluding hydrogens is 274 g/mol. The van der Waals surface area contributed by atoms with Gasteiger partial charge in [0.25, 0.3) is 0 Å². The number of benzene rings is 1. The molecule has 1 aromatic carbocycles. The zero-order valence-electron chi connectivity index (χ0n) is 13.5. The summed E-state index contributed by atoms with van der Waals surface area (Å²) in [5, 5.41) is 4.61. The Balaban J connectivity index is 1.86. The highest BCUT2D eigenvalue weighted by atomic mass is 16.5. The van der Waals surface area contributed by atoms with Crippen LogP contribution in [-0.4, -0.2) is 42.7 Å². The first-order chi connectivity index (χ1) is 10.7. The van der Waals surface area contributed by atoms with Gasteiger partial charge in [0.05, 0.1) is 6.61 Å². The molecule has 1 aromatic heterocycles. The Bertz CT molecular complexity index is 621. The maximum atomic E-state index is 5.94. The first-order valence-electron chi connectivity index (χ1n) is 8.16. The molecule has 4 heteroatoms. The van der Waals surface area contributed by atoms with E-state index in [1.165, 1.54) is 10.9 Å². The molecule has 0 amide bonds. The monoisotopic (exact) mass is 299 g/mol. The molecule has 0 atom stereocenters. The minimum absolute atomic E-state index is 0.513. The predicted molar refractivity (Wildman–Crippen MR) is 90.2 cm³/mol. The third-order valence-corrected chi connectivity index (χ3v) is 4.00. The molecule has 118 valence electrons. The summed E-state index contributed by atoms with van der Waals surface area (Å²) in [4.78, 5) is 7.05. The molecule has 2 aromatic rings. The van der Waals surface area contributed by atoms with Crippen LogP contribution in [0.5, 0.6) is 5.75 Å². The van der Waals surface area contributed by atoms with Crippen molar-refractivity contribution in [2.45, 2.75) is 20.4 Å². The average Bonchev–Trinajstić information content (AvgIpc) is 2.55. The van der Waals surface area contributed by atoms with Crippen LogP contribution in [-0.2, 0) is 6.54 Å². The first-order valence-corrected chi connectivity index (χ1v) is 8.16. The van der Waals surface area contributed by atoms with E-state index in [1.54, 1.807) is 0 Å². The molecule has 0 spiro atoms. The van der Waals surface area contributed by atoms with Gasteiger partial charge in [-0.05, 0) is 23.6 Å². The molecule has 0 saturated carbocycles. The number of rotatable bonds is 5. The van der Waals surface area contributed by atoms with Gasteiger partial charge in [-0.1, -0.05) is 26.0 Å². The highest BCUT2D eigenvalue weighted by Gasteiger charge is 2.14. The number of hydrogen-bond acceptors (Lipinski definition) is 4. The van der Waals surface area contributed by atoms with Gasteiger partial charge >= 0.3 is 0 Å². The van der Waals surface area contributed by atoms with Crippen LogP contribution in [0.15, 0.2) is 30.5 Å². The van der Waals surface area contributed by atoms with E-state index in [1.807, 2.05) is 12.3 Å². The summed E-state index contributed by atoms with van der Waals surface area (Å²) in [6.45, 7) is 10.4. The van der Waals surface area contributed by atoms with Crippen LogP contribution in [0.3, 0.4) is 0 Å². The zero-order valence-corrected chi connectivity index (χ0v) is 13.5. The van der Waals surface area contributed by atoms with Crippen molar-refractivity contribution in [1.82, 2.24) is 15.2 Å².